The second-order valence-electron chi connectivity index (χ2n) is 2.96. The zero-order chi connectivity index (χ0) is 10.7. The molecule has 14 heavy (non-hydrogen) atoms. The molecule has 3 nitrogen and oxygen atoms in total. The van der Waals surface area contributed by atoms with Gasteiger partial charge >= 0.3 is 0 Å². The highest BCUT2D eigenvalue weighted by Crippen LogP contribution is 2.23. The van der Waals surface area contributed by atoms with Gasteiger partial charge in [0.05, 0.1) is 12.0 Å². The summed E-state index contributed by atoms with van der Waals surface area (Å²) in [5.74, 6) is -0.676. The topological polar surface area (TPSA) is 54.4 Å². The Bertz CT molecular complexity index is 385. The van der Waals surface area contributed by atoms with E-state index in [1.54, 1.807) is 6.07 Å². The van der Waals surface area contributed by atoms with E-state index in [-0.39, 0.29) is 29.3 Å². The van der Waals surface area contributed by atoms with Crippen LogP contribution in [0.4, 0.5) is 0 Å². The number of phenols is 1. The molecule has 0 atom stereocenters. The Morgan fingerprint density at radius 1 is 1.43 bits per heavy atom. The number of hydrogen-bond donors (Lipinski definition) is 1. The van der Waals surface area contributed by atoms with Gasteiger partial charge in [-0.2, -0.15) is 0 Å². The molecular weight excluding hydrogens is 248 g/mol. The maximum Gasteiger partial charge on any atom is 0.173 e. The molecular formula is C10H9BrO3. The van der Waals surface area contributed by atoms with Gasteiger partial charge < -0.3 is 5.11 Å². The first-order chi connectivity index (χ1) is 6.50. The lowest BCUT2D eigenvalue weighted by Gasteiger charge is -2.02. The minimum Gasteiger partial charge on any atom is -0.507 e. The Morgan fingerprint density at radius 2 is 2.07 bits per heavy atom. The van der Waals surface area contributed by atoms with Crippen molar-refractivity contribution in [2.75, 3.05) is 0 Å². The van der Waals surface area contributed by atoms with Crippen LogP contribution in [-0.4, -0.2) is 16.7 Å². The SMILES string of the molecule is CC(=O)CC(=O)c1ccc(Br)cc1O. The summed E-state index contributed by atoms with van der Waals surface area (Å²) < 4.78 is 0.689. The van der Waals surface area contributed by atoms with Crippen molar-refractivity contribution in [2.24, 2.45) is 0 Å². The van der Waals surface area contributed by atoms with E-state index in [1.807, 2.05) is 0 Å². The molecule has 0 radical (unpaired) electrons. The van der Waals surface area contributed by atoms with Crippen molar-refractivity contribution in [1.82, 2.24) is 0 Å². The maximum atomic E-state index is 11.4. The first kappa shape index (κ1) is 10.9. The van der Waals surface area contributed by atoms with Gasteiger partial charge in [-0.1, -0.05) is 15.9 Å². The van der Waals surface area contributed by atoms with Crippen LogP contribution in [0.15, 0.2) is 22.7 Å². The van der Waals surface area contributed by atoms with Crippen LogP contribution in [-0.2, 0) is 4.79 Å². The molecule has 4 heteroatoms. The van der Waals surface area contributed by atoms with E-state index in [2.05, 4.69) is 15.9 Å². The Balaban J connectivity index is 2.96. The van der Waals surface area contributed by atoms with Crippen molar-refractivity contribution in [2.45, 2.75) is 13.3 Å². The largest absolute Gasteiger partial charge is 0.507 e. The first-order valence-electron chi connectivity index (χ1n) is 4.02. The van der Waals surface area contributed by atoms with Gasteiger partial charge in [0, 0.05) is 4.47 Å². The highest BCUT2D eigenvalue weighted by Gasteiger charge is 2.12. The minimum absolute atomic E-state index is 0.106. The summed E-state index contributed by atoms with van der Waals surface area (Å²) in [4.78, 5) is 22.1. The van der Waals surface area contributed by atoms with Crippen LogP contribution in [0, 0.1) is 0 Å². The van der Waals surface area contributed by atoms with Crippen LogP contribution in [0.1, 0.15) is 23.7 Å². The van der Waals surface area contributed by atoms with Gasteiger partial charge in [-0.25, -0.2) is 0 Å². The molecule has 0 fully saturated rings. The average Bonchev–Trinajstić information content (AvgIpc) is 2.01. The van der Waals surface area contributed by atoms with Crippen LogP contribution >= 0.6 is 15.9 Å². The fourth-order valence-electron chi connectivity index (χ4n) is 1.06. The monoisotopic (exact) mass is 256 g/mol. The van der Waals surface area contributed by atoms with Crippen molar-refractivity contribution in [1.29, 1.82) is 0 Å². The number of hydrogen-bond acceptors (Lipinski definition) is 3. The predicted molar refractivity (Wildman–Crippen MR) is 55.4 cm³/mol. The molecule has 0 aliphatic carbocycles. The Kier molecular flexibility index (Phi) is 3.41. The molecule has 0 unspecified atom stereocenters. The Morgan fingerprint density at radius 3 is 2.57 bits per heavy atom. The highest BCUT2D eigenvalue weighted by molar-refractivity contribution is 9.10. The van der Waals surface area contributed by atoms with E-state index in [1.165, 1.54) is 19.1 Å². The van der Waals surface area contributed by atoms with Crippen LogP contribution in [0.25, 0.3) is 0 Å². The molecule has 0 bridgehead atoms. The van der Waals surface area contributed by atoms with Crippen LogP contribution in [0.3, 0.4) is 0 Å². The third-order valence-corrected chi connectivity index (χ3v) is 2.16. The van der Waals surface area contributed by atoms with Crippen molar-refractivity contribution in [3.05, 3.63) is 28.2 Å². The molecule has 0 aliphatic heterocycles. The minimum atomic E-state index is -0.359. The molecule has 0 aliphatic rings. The van der Waals surface area contributed by atoms with Crippen LogP contribution in [0.5, 0.6) is 5.75 Å². The van der Waals surface area contributed by atoms with Crippen molar-refractivity contribution >= 4 is 27.5 Å². The lowest BCUT2D eigenvalue weighted by atomic mass is 10.1. The number of aromatic hydroxyl groups is 1. The van der Waals surface area contributed by atoms with E-state index < -0.39 is 0 Å². The van der Waals surface area contributed by atoms with Crippen molar-refractivity contribution in [3.63, 3.8) is 0 Å². The number of rotatable bonds is 3. The molecule has 0 saturated heterocycles. The second-order valence-corrected chi connectivity index (χ2v) is 3.88. The van der Waals surface area contributed by atoms with Gasteiger partial charge in [-0.15, -0.1) is 0 Å². The van der Waals surface area contributed by atoms with Gasteiger partial charge in [-0.3, -0.25) is 9.59 Å². The molecule has 1 rings (SSSR count). The fraction of sp³-hybridized carbons (Fsp3) is 0.200. The fourth-order valence-corrected chi connectivity index (χ4v) is 1.41. The van der Waals surface area contributed by atoms with E-state index >= 15 is 0 Å². The summed E-state index contributed by atoms with van der Waals surface area (Å²) in [5.41, 5.74) is 0.184. The standard InChI is InChI=1S/C10H9BrO3/c1-6(12)4-9(13)8-3-2-7(11)5-10(8)14/h2-3,5,14H,4H2,1H3. The molecule has 1 aromatic carbocycles. The van der Waals surface area contributed by atoms with Crippen molar-refractivity contribution < 1.29 is 14.7 Å². The van der Waals surface area contributed by atoms with Gasteiger partial charge in [0.15, 0.2) is 5.78 Å². The number of phenolic OH excluding ortho intramolecular Hbond substituents is 1. The normalized spacial score (nSPS) is 9.86. The second kappa shape index (κ2) is 4.37. The molecule has 0 heterocycles. The van der Waals surface area contributed by atoms with Crippen LogP contribution in [0.2, 0.25) is 0 Å². The summed E-state index contributed by atoms with van der Waals surface area (Å²) in [6.07, 6.45) is -0.171. The number of ketones is 2. The molecule has 74 valence electrons. The smallest absolute Gasteiger partial charge is 0.173 e. The summed E-state index contributed by atoms with van der Waals surface area (Å²) >= 11 is 3.16. The third-order valence-electron chi connectivity index (χ3n) is 1.67. The van der Waals surface area contributed by atoms with Crippen LogP contribution < -0.4 is 0 Å². The third kappa shape index (κ3) is 2.67. The number of carbonyl (C=O) groups excluding carboxylic acids is 2. The maximum absolute atomic E-state index is 11.4. The lowest BCUT2D eigenvalue weighted by molar-refractivity contribution is -0.116. The summed E-state index contributed by atoms with van der Waals surface area (Å²) in [5, 5.41) is 9.41. The molecule has 0 aromatic heterocycles. The predicted octanol–water partition coefficient (Wildman–Crippen LogP) is 2.32. The quantitative estimate of drug-likeness (QED) is 0.667. The lowest BCUT2D eigenvalue weighted by Crippen LogP contribution is -2.04. The number of carbonyl (C=O) groups is 2. The van der Waals surface area contributed by atoms with Crippen molar-refractivity contribution in [3.8, 4) is 5.75 Å². The highest BCUT2D eigenvalue weighted by atomic mass is 79.9. The van der Waals surface area contributed by atoms with E-state index in [4.69, 9.17) is 0 Å². The van der Waals surface area contributed by atoms with E-state index in [9.17, 15) is 14.7 Å². The first-order valence-corrected chi connectivity index (χ1v) is 4.81. The number of benzene rings is 1. The van der Waals surface area contributed by atoms with Gasteiger partial charge in [0.2, 0.25) is 0 Å². The molecule has 1 aromatic rings. The Hall–Kier alpha value is -1.16. The summed E-state index contributed by atoms with van der Waals surface area (Å²) in [6.45, 7) is 1.34. The zero-order valence-electron chi connectivity index (χ0n) is 7.58. The average molecular weight is 257 g/mol. The molecule has 0 saturated carbocycles. The van der Waals surface area contributed by atoms with Gasteiger partial charge in [0.25, 0.3) is 0 Å². The van der Waals surface area contributed by atoms with Gasteiger partial charge in [-0.05, 0) is 25.1 Å². The summed E-state index contributed by atoms with van der Waals surface area (Å²) in [6, 6.07) is 4.56. The number of halogens is 1. The molecule has 0 amide bonds. The van der Waals surface area contributed by atoms with Gasteiger partial charge in [0.1, 0.15) is 11.5 Å². The molecule has 1 N–H and O–H groups in total. The van der Waals surface area contributed by atoms with E-state index in [0.29, 0.717) is 4.47 Å². The zero-order valence-corrected chi connectivity index (χ0v) is 9.17. The Labute approximate surface area is 89.9 Å². The van der Waals surface area contributed by atoms with E-state index in [0.717, 1.165) is 0 Å². The summed E-state index contributed by atoms with van der Waals surface area (Å²) in [7, 11) is 0. The number of Topliss-reactive ketones (excluding diaryl/α,β-unsaturated/α-hetero) is 2. The molecule has 0 spiro atoms.